The lowest BCUT2D eigenvalue weighted by molar-refractivity contribution is -0.0397. The third-order valence-electron chi connectivity index (χ3n) is 19.7. The predicted molar refractivity (Wildman–Crippen MR) is 310 cm³/mol. The average Bonchev–Trinajstić information content (AvgIpc) is 3.98. The fourth-order valence-electron chi connectivity index (χ4n) is 16.9. The van der Waals surface area contributed by atoms with Crippen LogP contribution >= 0.6 is 0 Å². The molecule has 360 valence electrons. The Labute approximate surface area is 442 Å². The molecule has 0 aliphatic heterocycles. The van der Waals surface area contributed by atoms with E-state index in [2.05, 4.69) is 255 Å². The van der Waals surface area contributed by atoms with Gasteiger partial charge in [0.2, 0.25) is 0 Å². The van der Waals surface area contributed by atoms with Crippen LogP contribution in [0.3, 0.4) is 0 Å². The lowest BCUT2D eigenvalue weighted by Crippen LogP contribution is -2.55. The molecular formula is C74H59N. The van der Waals surface area contributed by atoms with Gasteiger partial charge in [-0.25, -0.2) is 0 Å². The van der Waals surface area contributed by atoms with Crippen molar-refractivity contribution in [1.82, 2.24) is 0 Å². The Balaban J connectivity index is 0.956. The molecule has 0 aromatic heterocycles. The van der Waals surface area contributed by atoms with Gasteiger partial charge in [0.25, 0.3) is 0 Å². The molecule has 1 nitrogen and oxygen atoms in total. The number of nitrogens with zero attached hydrogens (tertiary/aromatic N) is 1. The molecule has 0 radical (unpaired) electrons. The van der Waals surface area contributed by atoms with Crippen molar-refractivity contribution in [2.24, 2.45) is 23.7 Å². The highest BCUT2D eigenvalue weighted by molar-refractivity contribution is 5.95. The normalized spacial score (nSPS) is 23.3. The topological polar surface area (TPSA) is 3.24 Å². The summed E-state index contributed by atoms with van der Waals surface area (Å²) in [5.74, 6) is 2.97. The standard InChI is InChI=1S/C74H59N/c1-72(2)65-28-13-14-29-66(65)74(67-38-35-54(45-69(67)72)50-19-7-4-8-20-50)64-27-12-9-23-59(64)61-37-36-58(46-68(61)74)75(57-22-15-21-53(44-57)52-33-31-51(32-34-52)49-17-5-3-6-18-49)70-30-16-25-62-60-24-10-11-26-63(60)73(71(62)70)55-40-47-39-48(42-55)43-56(73)41-47/h3-38,44-48,55-56H,39-43H2,1-2H3. The largest absolute Gasteiger partial charge is 0.310 e. The van der Waals surface area contributed by atoms with Crippen LogP contribution in [0, 0.1) is 23.7 Å². The first-order chi connectivity index (χ1) is 36.9. The van der Waals surface area contributed by atoms with E-state index in [4.69, 9.17) is 0 Å². The summed E-state index contributed by atoms with van der Waals surface area (Å²) in [5.41, 5.74) is 27.3. The number of anilines is 3. The SMILES string of the molecule is CC1(C)c2ccccc2C2(c3ccccc3-c3ccc(N(c4cccc(-c5ccc(-c6ccccc6)cc5)c4)c4cccc5c4C4(c6ccccc6-5)C5CC6CC(C5)CC4C6)cc32)c2ccc(-c3ccccc3)cc21. The summed E-state index contributed by atoms with van der Waals surface area (Å²) in [7, 11) is 0. The molecule has 75 heavy (non-hydrogen) atoms. The van der Waals surface area contributed by atoms with Crippen molar-refractivity contribution >= 4 is 17.1 Å². The molecule has 0 N–H and O–H groups in total. The zero-order chi connectivity index (χ0) is 49.6. The number of benzene rings is 10. The van der Waals surface area contributed by atoms with Crippen molar-refractivity contribution in [1.29, 1.82) is 0 Å². The van der Waals surface area contributed by atoms with Gasteiger partial charge in [-0.05, 0) is 192 Å². The van der Waals surface area contributed by atoms with Crippen molar-refractivity contribution in [3.05, 3.63) is 281 Å². The molecule has 4 fully saturated rings. The Kier molecular flexibility index (Phi) is 9.26. The maximum absolute atomic E-state index is 2.70. The molecule has 1 atom stereocenters. The van der Waals surface area contributed by atoms with E-state index in [9.17, 15) is 0 Å². The minimum atomic E-state index is -0.551. The van der Waals surface area contributed by atoms with Crippen molar-refractivity contribution < 1.29 is 0 Å². The second kappa shape index (κ2) is 16.0. The first kappa shape index (κ1) is 43.4. The highest BCUT2D eigenvalue weighted by atomic mass is 15.1. The Bertz CT molecular complexity index is 3910. The van der Waals surface area contributed by atoms with E-state index in [1.54, 1.807) is 11.1 Å². The van der Waals surface area contributed by atoms with Crippen LogP contribution in [0.5, 0.6) is 0 Å². The van der Waals surface area contributed by atoms with Gasteiger partial charge in [-0.1, -0.05) is 214 Å². The van der Waals surface area contributed by atoms with E-state index in [0.717, 1.165) is 11.8 Å². The lowest BCUT2D eigenvalue weighted by atomic mass is 9.43. The minimum Gasteiger partial charge on any atom is -0.310 e. The van der Waals surface area contributed by atoms with Crippen LogP contribution < -0.4 is 4.90 Å². The summed E-state index contributed by atoms with van der Waals surface area (Å²) in [6, 6.07) is 91.0. The van der Waals surface area contributed by atoms with Gasteiger partial charge >= 0.3 is 0 Å². The van der Waals surface area contributed by atoms with E-state index in [1.807, 2.05) is 0 Å². The monoisotopic (exact) mass is 961 g/mol. The second-order valence-corrected chi connectivity index (χ2v) is 23.6. The molecule has 10 aromatic carbocycles. The van der Waals surface area contributed by atoms with Crippen LogP contribution in [0.25, 0.3) is 55.6 Å². The van der Waals surface area contributed by atoms with Crippen LogP contribution in [0.1, 0.15) is 90.5 Å². The maximum Gasteiger partial charge on any atom is 0.0720 e. The Hall–Kier alpha value is -8.00. The molecule has 2 spiro atoms. The Morgan fingerprint density at radius 2 is 0.800 bits per heavy atom. The Morgan fingerprint density at radius 3 is 1.51 bits per heavy atom. The molecule has 0 heterocycles. The second-order valence-electron chi connectivity index (χ2n) is 23.6. The number of rotatable bonds is 6. The van der Waals surface area contributed by atoms with E-state index in [-0.39, 0.29) is 10.8 Å². The fourth-order valence-corrected chi connectivity index (χ4v) is 16.9. The van der Waals surface area contributed by atoms with Gasteiger partial charge in [-0.2, -0.15) is 0 Å². The van der Waals surface area contributed by atoms with Crippen LogP contribution in [-0.4, -0.2) is 0 Å². The van der Waals surface area contributed by atoms with Gasteiger partial charge in [0.15, 0.2) is 0 Å². The predicted octanol–water partition coefficient (Wildman–Crippen LogP) is 18.9. The number of hydrogen-bond acceptors (Lipinski definition) is 1. The molecule has 0 saturated heterocycles. The van der Waals surface area contributed by atoms with Crippen molar-refractivity contribution in [2.75, 3.05) is 4.90 Å². The molecular weight excluding hydrogens is 903 g/mol. The summed E-state index contributed by atoms with van der Waals surface area (Å²) in [4.78, 5) is 2.70. The van der Waals surface area contributed by atoms with Crippen molar-refractivity contribution in [3.8, 4) is 55.6 Å². The lowest BCUT2D eigenvalue weighted by Gasteiger charge is -2.61. The first-order valence-corrected chi connectivity index (χ1v) is 27.7. The zero-order valence-corrected chi connectivity index (χ0v) is 42.8. The molecule has 17 rings (SSSR count). The smallest absolute Gasteiger partial charge is 0.0720 e. The highest BCUT2D eigenvalue weighted by Gasteiger charge is 2.63. The quantitative estimate of drug-likeness (QED) is 0.161. The zero-order valence-electron chi connectivity index (χ0n) is 42.8. The summed E-state index contributed by atoms with van der Waals surface area (Å²) in [5, 5.41) is 0. The molecule has 1 heteroatoms. The third kappa shape index (κ3) is 5.96. The van der Waals surface area contributed by atoms with E-state index in [1.165, 1.54) is 138 Å². The van der Waals surface area contributed by atoms with Crippen molar-refractivity contribution in [3.63, 3.8) is 0 Å². The molecule has 1 unspecified atom stereocenters. The highest BCUT2D eigenvalue weighted by Crippen LogP contribution is 2.71. The van der Waals surface area contributed by atoms with Crippen LogP contribution in [0.4, 0.5) is 17.1 Å². The van der Waals surface area contributed by atoms with E-state index in [0.29, 0.717) is 11.8 Å². The first-order valence-electron chi connectivity index (χ1n) is 27.7. The van der Waals surface area contributed by atoms with E-state index < -0.39 is 5.41 Å². The Morgan fingerprint density at radius 1 is 0.320 bits per heavy atom. The van der Waals surface area contributed by atoms with Gasteiger partial charge in [-0.3, -0.25) is 0 Å². The number of hydrogen-bond donors (Lipinski definition) is 0. The van der Waals surface area contributed by atoms with Gasteiger partial charge in [0.05, 0.1) is 11.1 Å². The summed E-state index contributed by atoms with van der Waals surface area (Å²) < 4.78 is 0. The minimum absolute atomic E-state index is 0.0312. The third-order valence-corrected chi connectivity index (χ3v) is 19.7. The molecule has 4 bridgehead atoms. The molecule has 10 aromatic rings. The fraction of sp³-hybridized carbons (Fsp3) is 0.189. The van der Waals surface area contributed by atoms with Crippen LogP contribution in [-0.2, 0) is 16.2 Å². The number of fused-ring (bicyclic) bond motifs is 12. The van der Waals surface area contributed by atoms with Crippen LogP contribution in [0.15, 0.2) is 237 Å². The van der Waals surface area contributed by atoms with Crippen LogP contribution in [0.2, 0.25) is 0 Å². The molecule has 7 aliphatic rings. The summed E-state index contributed by atoms with van der Waals surface area (Å²) in [6.07, 6.45) is 6.78. The van der Waals surface area contributed by atoms with Gasteiger partial charge < -0.3 is 4.90 Å². The molecule has 0 amide bonds. The summed E-state index contributed by atoms with van der Waals surface area (Å²) >= 11 is 0. The van der Waals surface area contributed by atoms with Gasteiger partial charge in [0, 0.05) is 22.2 Å². The van der Waals surface area contributed by atoms with Gasteiger partial charge in [-0.15, -0.1) is 0 Å². The molecule has 7 aliphatic carbocycles. The van der Waals surface area contributed by atoms with Crippen molar-refractivity contribution in [2.45, 2.75) is 62.2 Å². The summed E-state index contributed by atoms with van der Waals surface area (Å²) in [6.45, 7) is 4.89. The average molecular weight is 962 g/mol. The molecule has 4 saturated carbocycles. The van der Waals surface area contributed by atoms with E-state index >= 15 is 0 Å². The maximum atomic E-state index is 2.70. The van der Waals surface area contributed by atoms with Gasteiger partial charge in [0.1, 0.15) is 0 Å².